The van der Waals surface area contributed by atoms with E-state index in [1.165, 1.54) is 0 Å². The maximum Gasteiger partial charge on any atom is 0.221 e. The fourth-order valence-electron chi connectivity index (χ4n) is 2.83. The molecule has 0 aromatic rings. The lowest BCUT2D eigenvalue weighted by molar-refractivity contribution is -0.127. The van der Waals surface area contributed by atoms with Crippen molar-refractivity contribution in [2.45, 2.75) is 66.0 Å². The standard InChI is InChI=1S/C16H32N2O2/c1-6-16(5)13(10-14(16)20-7-2)17-9-8-15(19)18-11-12(3)4/h12-14,17H,6-11H2,1-5H3,(H,18,19). The summed E-state index contributed by atoms with van der Waals surface area (Å²) >= 11 is 0. The Balaban J connectivity index is 2.24. The van der Waals surface area contributed by atoms with Crippen molar-refractivity contribution in [3.63, 3.8) is 0 Å². The minimum atomic E-state index is 0.144. The Bertz CT molecular complexity index is 307. The smallest absolute Gasteiger partial charge is 0.221 e. The third-order valence-corrected chi connectivity index (χ3v) is 4.56. The number of carbonyl (C=O) groups excluding carboxylic acids is 1. The van der Waals surface area contributed by atoms with Gasteiger partial charge in [-0.2, -0.15) is 0 Å². The van der Waals surface area contributed by atoms with Crippen LogP contribution >= 0.6 is 0 Å². The van der Waals surface area contributed by atoms with E-state index >= 15 is 0 Å². The van der Waals surface area contributed by atoms with Crippen LogP contribution in [-0.4, -0.2) is 37.7 Å². The molecule has 2 N–H and O–H groups in total. The quantitative estimate of drug-likeness (QED) is 0.683. The van der Waals surface area contributed by atoms with Gasteiger partial charge in [-0.3, -0.25) is 4.79 Å². The van der Waals surface area contributed by atoms with Gasteiger partial charge in [0.2, 0.25) is 5.91 Å². The van der Waals surface area contributed by atoms with Gasteiger partial charge in [0.1, 0.15) is 0 Å². The number of amides is 1. The van der Waals surface area contributed by atoms with Gasteiger partial charge < -0.3 is 15.4 Å². The highest BCUT2D eigenvalue weighted by Gasteiger charge is 2.50. The van der Waals surface area contributed by atoms with Crippen molar-refractivity contribution in [1.82, 2.24) is 10.6 Å². The van der Waals surface area contributed by atoms with Crippen LogP contribution in [0, 0.1) is 11.3 Å². The highest BCUT2D eigenvalue weighted by atomic mass is 16.5. The molecule has 20 heavy (non-hydrogen) atoms. The van der Waals surface area contributed by atoms with Crippen LogP contribution in [0.2, 0.25) is 0 Å². The molecule has 0 aromatic heterocycles. The first-order valence-electron chi connectivity index (χ1n) is 8.05. The molecule has 118 valence electrons. The summed E-state index contributed by atoms with van der Waals surface area (Å²) in [6, 6.07) is 0.474. The lowest BCUT2D eigenvalue weighted by Gasteiger charge is -2.53. The van der Waals surface area contributed by atoms with E-state index in [9.17, 15) is 4.79 Å². The molecule has 4 nitrogen and oxygen atoms in total. The summed E-state index contributed by atoms with van der Waals surface area (Å²) in [5.74, 6) is 0.652. The Hall–Kier alpha value is -0.610. The number of nitrogens with one attached hydrogen (secondary N) is 2. The SMILES string of the molecule is CCOC1CC(NCCC(=O)NCC(C)C)C1(C)CC. The van der Waals surface area contributed by atoms with Crippen LogP contribution in [0.3, 0.4) is 0 Å². The first-order chi connectivity index (χ1) is 9.43. The lowest BCUT2D eigenvalue weighted by Crippen LogP contribution is -2.62. The van der Waals surface area contributed by atoms with Gasteiger partial charge in [-0.25, -0.2) is 0 Å². The maximum atomic E-state index is 11.7. The molecule has 1 rings (SSSR count). The third kappa shape index (κ3) is 4.45. The summed E-state index contributed by atoms with van der Waals surface area (Å²) in [6.45, 7) is 13.1. The molecule has 0 aliphatic heterocycles. The summed E-state index contributed by atoms with van der Waals surface area (Å²) in [6.07, 6.45) is 3.09. The molecule has 1 amide bonds. The molecule has 3 unspecified atom stereocenters. The molecule has 1 fully saturated rings. The molecule has 1 aliphatic carbocycles. The average Bonchev–Trinajstić information content (AvgIpc) is 2.42. The first kappa shape index (κ1) is 17.4. The maximum absolute atomic E-state index is 11.7. The molecule has 0 saturated heterocycles. The van der Waals surface area contributed by atoms with Gasteiger partial charge >= 0.3 is 0 Å². The fourth-order valence-corrected chi connectivity index (χ4v) is 2.83. The summed E-state index contributed by atoms with van der Waals surface area (Å²) in [5.41, 5.74) is 0.213. The van der Waals surface area contributed by atoms with Crippen molar-refractivity contribution in [3.05, 3.63) is 0 Å². The lowest BCUT2D eigenvalue weighted by atomic mass is 9.61. The second-order valence-electron chi connectivity index (χ2n) is 6.49. The zero-order chi connectivity index (χ0) is 15.2. The molecule has 1 saturated carbocycles. The van der Waals surface area contributed by atoms with Gasteiger partial charge in [-0.1, -0.05) is 27.7 Å². The zero-order valence-corrected chi connectivity index (χ0v) is 13.8. The molecule has 3 atom stereocenters. The van der Waals surface area contributed by atoms with E-state index in [-0.39, 0.29) is 11.3 Å². The van der Waals surface area contributed by atoms with Gasteiger partial charge in [-0.15, -0.1) is 0 Å². The minimum Gasteiger partial charge on any atom is -0.378 e. The summed E-state index contributed by atoms with van der Waals surface area (Å²) in [4.78, 5) is 11.7. The van der Waals surface area contributed by atoms with Crippen LogP contribution in [0.4, 0.5) is 0 Å². The van der Waals surface area contributed by atoms with Crippen molar-refractivity contribution in [2.24, 2.45) is 11.3 Å². The largest absolute Gasteiger partial charge is 0.378 e. The summed E-state index contributed by atoms with van der Waals surface area (Å²) in [7, 11) is 0. The predicted octanol–water partition coefficient (Wildman–Crippen LogP) is 2.33. The van der Waals surface area contributed by atoms with E-state index in [0.29, 0.717) is 24.5 Å². The first-order valence-corrected chi connectivity index (χ1v) is 8.05. The zero-order valence-electron chi connectivity index (χ0n) is 13.8. The Morgan fingerprint density at radius 3 is 2.65 bits per heavy atom. The topological polar surface area (TPSA) is 50.4 Å². The van der Waals surface area contributed by atoms with E-state index in [1.54, 1.807) is 0 Å². The molecular weight excluding hydrogens is 252 g/mol. The van der Waals surface area contributed by atoms with Gasteiger partial charge in [0.15, 0.2) is 0 Å². The van der Waals surface area contributed by atoms with Gasteiger partial charge in [0, 0.05) is 37.6 Å². The van der Waals surface area contributed by atoms with Crippen molar-refractivity contribution in [3.8, 4) is 0 Å². The van der Waals surface area contributed by atoms with Gasteiger partial charge in [-0.05, 0) is 25.7 Å². The Morgan fingerprint density at radius 1 is 1.40 bits per heavy atom. The molecular formula is C16H32N2O2. The Morgan fingerprint density at radius 2 is 2.10 bits per heavy atom. The van der Waals surface area contributed by atoms with Crippen LogP contribution in [-0.2, 0) is 9.53 Å². The van der Waals surface area contributed by atoms with Crippen molar-refractivity contribution >= 4 is 5.91 Å². The normalized spacial score (nSPS) is 29.3. The van der Waals surface area contributed by atoms with Crippen LogP contribution < -0.4 is 10.6 Å². The van der Waals surface area contributed by atoms with E-state index < -0.39 is 0 Å². The predicted molar refractivity (Wildman–Crippen MR) is 82.7 cm³/mol. The van der Waals surface area contributed by atoms with E-state index in [0.717, 1.165) is 32.5 Å². The van der Waals surface area contributed by atoms with Crippen molar-refractivity contribution < 1.29 is 9.53 Å². The summed E-state index contributed by atoms with van der Waals surface area (Å²) in [5, 5.41) is 6.48. The number of carbonyl (C=O) groups is 1. The highest BCUT2D eigenvalue weighted by Crippen LogP contribution is 2.45. The summed E-state index contributed by atoms with van der Waals surface area (Å²) < 4.78 is 5.79. The number of hydrogen-bond acceptors (Lipinski definition) is 3. The van der Waals surface area contributed by atoms with Crippen molar-refractivity contribution in [1.29, 1.82) is 0 Å². The molecule has 0 heterocycles. The average molecular weight is 284 g/mol. The van der Waals surface area contributed by atoms with E-state index in [4.69, 9.17) is 4.74 Å². The molecule has 4 heteroatoms. The molecule has 1 aliphatic rings. The number of hydrogen-bond donors (Lipinski definition) is 2. The second kappa shape index (κ2) is 7.99. The fraction of sp³-hybridized carbons (Fsp3) is 0.938. The Labute approximate surface area is 124 Å². The molecule has 0 bridgehead atoms. The van der Waals surface area contributed by atoms with E-state index in [2.05, 4.69) is 45.3 Å². The van der Waals surface area contributed by atoms with Crippen LogP contribution in [0.25, 0.3) is 0 Å². The van der Waals surface area contributed by atoms with Crippen molar-refractivity contribution in [2.75, 3.05) is 19.7 Å². The molecule has 0 aromatic carbocycles. The van der Waals surface area contributed by atoms with Gasteiger partial charge in [0.25, 0.3) is 0 Å². The number of ether oxygens (including phenoxy) is 1. The van der Waals surface area contributed by atoms with E-state index in [1.807, 2.05) is 0 Å². The van der Waals surface area contributed by atoms with Gasteiger partial charge in [0.05, 0.1) is 6.10 Å². The highest BCUT2D eigenvalue weighted by molar-refractivity contribution is 5.76. The van der Waals surface area contributed by atoms with Crippen LogP contribution in [0.1, 0.15) is 53.9 Å². The molecule has 0 radical (unpaired) electrons. The van der Waals surface area contributed by atoms with Crippen LogP contribution in [0.5, 0.6) is 0 Å². The Kier molecular flexibility index (Phi) is 6.96. The number of rotatable bonds is 9. The minimum absolute atomic E-state index is 0.144. The second-order valence-corrected chi connectivity index (χ2v) is 6.49. The third-order valence-electron chi connectivity index (χ3n) is 4.56. The van der Waals surface area contributed by atoms with Crippen LogP contribution in [0.15, 0.2) is 0 Å². The molecule has 0 spiro atoms. The monoisotopic (exact) mass is 284 g/mol.